The minimum absolute atomic E-state index is 0.0810. The van der Waals surface area contributed by atoms with Crippen LogP contribution < -0.4 is 14.8 Å². The molecule has 0 saturated heterocycles. The lowest BCUT2D eigenvalue weighted by Crippen LogP contribution is -2.15. The monoisotopic (exact) mass is 434 g/mol. The number of benzene rings is 2. The number of rotatable bonds is 6. The highest BCUT2D eigenvalue weighted by molar-refractivity contribution is 5.85. The summed E-state index contributed by atoms with van der Waals surface area (Å²) in [5.74, 6) is 1.43. The van der Waals surface area contributed by atoms with Gasteiger partial charge in [0.1, 0.15) is 17.2 Å². The molecule has 32 heavy (non-hydrogen) atoms. The molecular formula is C26H30N2O4. The molecule has 0 bridgehead atoms. The van der Waals surface area contributed by atoms with Crippen LogP contribution in [0.4, 0.5) is 5.69 Å². The van der Waals surface area contributed by atoms with Gasteiger partial charge in [0.25, 0.3) is 0 Å². The summed E-state index contributed by atoms with van der Waals surface area (Å²) in [6.45, 7) is 3.05. The number of ether oxygens (including phenoxy) is 2. The molecule has 0 fully saturated rings. The molecule has 0 aliphatic heterocycles. The maximum absolute atomic E-state index is 10.1. The Balaban J connectivity index is 0.000000269. The van der Waals surface area contributed by atoms with Crippen molar-refractivity contribution in [2.75, 3.05) is 26.1 Å². The highest BCUT2D eigenvalue weighted by Gasteiger charge is 2.23. The first-order valence-corrected chi connectivity index (χ1v) is 10.8. The number of carboxylic acids is 1. The van der Waals surface area contributed by atoms with Crippen LogP contribution in [0.2, 0.25) is 0 Å². The third-order valence-corrected chi connectivity index (χ3v) is 5.59. The zero-order valence-electron chi connectivity index (χ0n) is 18.8. The van der Waals surface area contributed by atoms with Gasteiger partial charge in [-0.05, 0) is 79.1 Å². The van der Waals surface area contributed by atoms with Crippen LogP contribution in [0.25, 0.3) is 0 Å². The first kappa shape index (κ1) is 23.1. The predicted octanol–water partition coefficient (Wildman–Crippen LogP) is 5.19. The quantitative estimate of drug-likeness (QED) is 0.556. The Labute approximate surface area is 189 Å². The number of anilines is 1. The Morgan fingerprint density at radius 2 is 1.81 bits per heavy atom. The minimum Gasteiger partial charge on any atom is -0.497 e. The molecule has 0 amide bonds. The summed E-state index contributed by atoms with van der Waals surface area (Å²) < 4.78 is 10.7. The van der Waals surface area contributed by atoms with Crippen LogP contribution in [0.1, 0.15) is 46.4 Å². The molecule has 1 aliphatic rings. The van der Waals surface area contributed by atoms with Gasteiger partial charge >= 0.3 is 5.97 Å². The number of hydrogen-bond acceptors (Lipinski definition) is 5. The summed E-state index contributed by atoms with van der Waals surface area (Å²) in [5.41, 5.74) is 5.56. The second kappa shape index (κ2) is 11.2. The predicted molar refractivity (Wildman–Crippen MR) is 126 cm³/mol. The standard InChI is InChI=1S/C20H25NO2.C6H5NO2/c1-4-21-20-13-18(23-3)9-10-19(20)16-6-5-15-12-17(22-2)8-7-14(15)11-16;8-6(9)5-3-1-2-4-7-5/h7-10,12-13,16,21H,4-6,11H2,1-3H3;1-4H,(H,8,9). The topological polar surface area (TPSA) is 80.7 Å². The van der Waals surface area contributed by atoms with Gasteiger partial charge in [0.2, 0.25) is 0 Å². The van der Waals surface area contributed by atoms with Crippen LogP contribution in [-0.4, -0.2) is 36.8 Å². The number of fused-ring (bicyclic) bond motifs is 1. The lowest BCUT2D eigenvalue weighted by atomic mass is 9.79. The van der Waals surface area contributed by atoms with Gasteiger partial charge in [-0.25, -0.2) is 9.78 Å². The lowest BCUT2D eigenvalue weighted by molar-refractivity contribution is 0.0690. The fourth-order valence-corrected chi connectivity index (χ4v) is 3.98. The highest BCUT2D eigenvalue weighted by atomic mass is 16.5. The average Bonchev–Trinajstić information content (AvgIpc) is 2.84. The summed E-state index contributed by atoms with van der Waals surface area (Å²) in [7, 11) is 3.45. The third-order valence-electron chi connectivity index (χ3n) is 5.59. The van der Waals surface area contributed by atoms with E-state index in [0.717, 1.165) is 30.9 Å². The van der Waals surface area contributed by atoms with E-state index in [2.05, 4.69) is 53.6 Å². The summed E-state index contributed by atoms with van der Waals surface area (Å²) in [6.07, 6.45) is 4.81. The largest absolute Gasteiger partial charge is 0.497 e. The smallest absolute Gasteiger partial charge is 0.354 e. The van der Waals surface area contributed by atoms with Crippen molar-refractivity contribution < 1.29 is 19.4 Å². The zero-order valence-corrected chi connectivity index (χ0v) is 18.8. The molecule has 1 unspecified atom stereocenters. The second-order valence-electron chi connectivity index (χ2n) is 7.58. The Morgan fingerprint density at radius 1 is 1.06 bits per heavy atom. The summed E-state index contributed by atoms with van der Waals surface area (Å²) in [4.78, 5) is 13.7. The highest BCUT2D eigenvalue weighted by Crippen LogP contribution is 2.38. The van der Waals surface area contributed by atoms with E-state index < -0.39 is 5.97 Å². The molecule has 1 aliphatic carbocycles. The zero-order chi connectivity index (χ0) is 22.9. The van der Waals surface area contributed by atoms with E-state index >= 15 is 0 Å². The molecule has 1 atom stereocenters. The number of methoxy groups -OCH3 is 2. The lowest BCUT2D eigenvalue weighted by Gasteiger charge is -2.27. The molecule has 1 heterocycles. The van der Waals surface area contributed by atoms with E-state index in [1.807, 2.05) is 0 Å². The van der Waals surface area contributed by atoms with Gasteiger partial charge in [-0.2, -0.15) is 0 Å². The number of hydrogen-bond donors (Lipinski definition) is 2. The number of aromatic nitrogens is 1. The van der Waals surface area contributed by atoms with Crippen LogP contribution in [0.15, 0.2) is 60.8 Å². The van der Waals surface area contributed by atoms with Gasteiger partial charge < -0.3 is 19.9 Å². The molecule has 2 aromatic carbocycles. The number of aryl methyl sites for hydroxylation is 1. The van der Waals surface area contributed by atoms with Gasteiger partial charge in [0.05, 0.1) is 14.2 Å². The van der Waals surface area contributed by atoms with Crippen LogP contribution >= 0.6 is 0 Å². The fourth-order valence-electron chi connectivity index (χ4n) is 3.98. The summed E-state index contributed by atoms with van der Waals surface area (Å²) in [5, 5.41) is 11.8. The molecular weight excluding hydrogens is 404 g/mol. The fraction of sp³-hybridized carbons (Fsp3) is 0.308. The first-order valence-electron chi connectivity index (χ1n) is 10.8. The van der Waals surface area contributed by atoms with E-state index in [4.69, 9.17) is 14.6 Å². The van der Waals surface area contributed by atoms with E-state index in [0.29, 0.717) is 5.92 Å². The number of carbonyl (C=O) groups is 1. The maximum atomic E-state index is 10.1. The molecule has 1 aromatic heterocycles. The second-order valence-corrected chi connectivity index (χ2v) is 7.58. The van der Waals surface area contributed by atoms with E-state index in [-0.39, 0.29) is 5.69 Å². The van der Waals surface area contributed by atoms with Gasteiger partial charge in [-0.3, -0.25) is 0 Å². The van der Waals surface area contributed by atoms with E-state index in [1.165, 1.54) is 41.1 Å². The number of pyridine rings is 1. The maximum Gasteiger partial charge on any atom is 0.354 e. The van der Waals surface area contributed by atoms with Crippen LogP contribution in [0.3, 0.4) is 0 Å². The minimum atomic E-state index is -0.990. The van der Waals surface area contributed by atoms with Crippen molar-refractivity contribution in [1.29, 1.82) is 0 Å². The number of carboxylic acid groups (broad SMARTS) is 1. The van der Waals surface area contributed by atoms with Crippen molar-refractivity contribution in [3.05, 3.63) is 83.2 Å². The van der Waals surface area contributed by atoms with Crippen molar-refractivity contribution in [2.24, 2.45) is 0 Å². The molecule has 2 N–H and O–H groups in total. The van der Waals surface area contributed by atoms with Gasteiger partial charge in [0.15, 0.2) is 0 Å². The Kier molecular flexibility index (Phi) is 8.08. The Morgan fingerprint density at radius 3 is 2.44 bits per heavy atom. The van der Waals surface area contributed by atoms with Crippen LogP contribution in [0.5, 0.6) is 11.5 Å². The molecule has 4 rings (SSSR count). The van der Waals surface area contributed by atoms with Crippen molar-refractivity contribution in [3.8, 4) is 11.5 Å². The van der Waals surface area contributed by atoms with E-state index in [9.17, 15) is 4.79 Å². The number of nitrogens with one attached hydrogen (secondary N) is 1. The van der Waals surface area contributed by atoms with E-state index in [1.54, 1.807) is 26.4 Å². The van der Waals surface area contributed by atoms with Gasteiger partial charge in [0, 0.05) is 24.5 Å². The first-order chi connectivity index (χ1) is 15.5. The van der Waals surface area contributed by atoms with Crippen LogP contribution in [0, 0.1) is 0 Å². The molecule has 6 heteroatoms. The normalized spacial score (nSPS) is 14.4. The molecule has 0 saturated carbocycles. The number of aromatic carboxylic acids is 1. The van der Waals surface area contributed by atoms with Gasteiger partial charge in [-0.1, -0.05) is 18.2 Å². The number of nitrogens with zero attached hydrogens (tertiary/aromatic N) is 1. The molecule has 0 spiro atoms. The van der Waals surface area contributed by atoms with Crippen LogP contribution in [-0.2, 0) is 12.8 Å². The van der Waals surface area contributed by atoms with Gasteiger partial charge in [-0.15, -0.1) is 0 Å². The SMILES string of the molecule is CCNc1cc(OC)ccc1C1CCc2cc(OC)ccc2C1.O=C(O)c1ccccn1. The van der Waals surface area contributed by atoms with Crippen molar-refractivity contribution in [3.63, 3.8) is 0 Å². The summed E-state index contributed by atoms with van der Waals surface area (Å²) in [6, 6.07) is 17.6. The Hall–Kier alpha value is -3.54. The molecule has 3 aromatic rings. The Bertz CT molecular complexity index is 1040. The third kappa shape index (κ3) is 5.78. The summed E-state index contributed by atoms with van der Waals surface area (Å²) >= 11 is 0. The average molecular weight is 435 g/mol. The molecule has 0 radical (unpaired) electrons. The molecule has 168 valence electrons. The molecule has 6 nitrogen and oxygen atoms in total. The van der Waals surface area contributed by atoms with Crippen molar-refractivity contribution >= 4 is 11.7 Å². The van der Waals surface area contributed by atoms with Crippen molar-refractivity contribution in [1.82, 2.24) is 4.98 Å². The van der Waals surface area contributed by atoms with Crippen molar-refractivity contribution in [2.45, 2.75) is 32.1 Å².